The van der Waals surface area contributed by atoms with Gasteiger partial charge >= 0.3 is 5.97 Å². The van der Waals surface area contributed by atoms with Gasteiger partial charge < -0.3 is 10.5 Å². The predicted octanol–water partition coefficient (Wildman–Crippen LogP) is 1.12. The number of halogens is 1. The molecule has 0 amide bonds. The lowest BCUT2D eigenvalue weighted by Crippen LogP contribution is -2.41. The highest BCUT2D eigenvalue weighted by Gasteiger charge is 2.40. The van der Waals surface area contributed by atoms with Gasteiger partial charge in [-0.15, -0.1) is 0 Å². The number of carbonyl (C=O) groups excluding carboxylic acids is 1. The maximum absolute atomic E-state index is 13.2. The minimum Gasteiger partial charge on any atom is -0.465 e. The highest BCUT2D eigenvalue weighted by atomic mass is 32.2. The van der Waals surface area contributed by atoms with Crippen LogP contribution in [0.15, 0.2) is 23.1 Å². The third-order valence-electron chi connectivity index (χ3n) is 3.34. The molecule has 8 heteroatoms. The van der Waals surface area contributed by atoms with Crippen molar-refractivity contribution in [3.8, 4) is 0 Å². The summed E-state index contributed by atoms with van der Waals surface area (Å²) in [7, 11) is -3.90. The number of rotatable bonds is 4. The Labute approximate surface area is 122 Å². The smallest absolute Gasteiger partial charge is 0.324 e. The summed E-state index contributed by atoms with van der Waals surface area (Å²) in [5.74, 6) is -1.24. The van der Waals surface area contributed by atoms with Crippen molar-refractivity contribution in [1.29, 1.82) is 0 Å². The first-order valence-electron chi connectivity index (χ1n) is 6.61. The van der Waals surface area contributed by atoms with Crippen LogP contribution in [0.5, 0.6) is 0 Å². The monoisotopic (exact) mass is 316 g/mol. The molecule has 116 valence electrons. The molecule has 1 fully saturated rings. The van der Waals surface area contributed by atoms with Crippen molar-refractivity contribution in [3.05, 3.63) is 24.0 Å². The van der Waals surface area contributed by atoms with Crippen LogP contribution in [0.1, 0.15) is 19.8 Å². The van der Waals surface area contributed by atoms with E-state index in [1.165, 1.54) is 0 Å². The summed E-state index contributed by atoms with van der Waals surface area (Å²) in [5.41, 5.74) is 5.16. The van der Waals surface area contributed by atoms with Gasteiger partial charge in [0.05, 0.1) is 17.2 Å². The Bertz CT molecular complexity index is 648. The Morgan fingerprint density at radius 2 is 2.24 bits per heavy atom. The molecule has 0 aromatic heterocycles. The van der Waals surface area contributed by atoms with Crippen molar-refractivity contribution in [1.82, 2.24) is 4.31 Å². The predicted molar refractivity (Wildman–Crippen MR) is 74.4 cm³/mol. The number of ether oxygens (including phenoxy) is 1. The van der Waals surface area contributed by atoms with Crippen molar-refractivity contribution >= 4 is 21.7 Å². The van der Waals surface area contributed by atoms with Crippen LogP contribution in [0.25, 0.3) is 0 Å². The van der Waals surface area contributed by atoms with E-state index >= 15 is 0 Å². The highest BCUT2D eigenvalue weighted by molar-refractivity contribution is 7.89. The second kappa shape index (κ2) is 5.98. The molecule has 0 saturated carbocycles. The van der Waals surface area contributed by atoms with Crippen LogP contribution in [-0.4, -0.2) is 37.9 Å². The fraction of sp³-hybridized carbons (Fsp3) is 0.462. The summed E-state index contributed by atoms with van der Waals surface area (Å²) >= 11 is 0. The first-order chi connectivity index (χ1) is 9.87. The molecule has 1 heterocycles. The zero-order chi connectivity index (χ0) is 15.6. The van der Waals surface area contributed by atoms with Crippen molar-refractivity contribution < 1.29 is 22.3 Å². The van der Waals surface area contributed by atoms with Gasteiger partial charge in [-0.1, -0.05) is 0 Å². The van der Waals surface area contributed by atoms with E-state index in [2.05, 4.69) is 0 Å². The first kappa shape index (κ1) is 15.7. The van der Waals surface area contributed by atoms with Gasteiger partial charge in [0.25, 0.3) is 0 Å². The molecule has 1 unspecified atom stereocenters. The van der Waals surface area contributed by atoms with Crippen molar-refractivity contribution in [3.63, 3.8) is 0 Å². The third kappa shape index (κ3) is 3.01. The van der Waals surface area contributed by atoms with Crippen LogP contribution < -0.4 is 5.73 Å². The molecule has 1 aliphatic rings. The second-order valence-electron chi connectivity index (χ2n) is 4.71. The van der Waals surface area contributed by atoms with Crippen molar-refractivity contribution in [2.45, 2.75) is 30.7 Å². The van der Waals surface area contributed by atoms with Gasteiger partial charge in [-0.2, -0.15) is 4.31 Å². The molecule has 1 atom stereocenters. The highest BCUT2D eigenvalue weighted by Crippen LogP contribution is 2.28. The number of nitrogens with two attached hydrogens (primary N) is 1. The van der Waals surface area contributed by atoms with Gasteiger partial charge in [0.15, 0.2) is 0 Å². The van der Waals surface area contributed by atoms with E-state index in [4.69, 9.17) is 10.5 Å². The van der Waals surface area contributed by atoms with Crippen LogP contribution in [0.2, 0.25) is 0 Å². The average molecular weight is 316 g/mol. The van der Waals surface area contributed by atoms with E-state index in [0.29, 0.717) is 12.8 Å². The molecule has 6 nitrogen and oxygen atoms in total. The van der Waals surface area contributed by atoms with Crippen LogP contribution in [0, 0.1) is 5.82 Å². The standard InChI is InChI=1S/C13H17FN2O4S/c1-2-20-13(17)12-4-3-7-16(12)21(18,19)9-5-6-10(14)11(15)8-9/h5-6,8,12H,2-4,7,15H2,1H3. The number of nitrogen functional groups attached to an aromatic ring is 1. The number of sulfonamides is 1. The third-order valence-corrected chi connectivity index (χ3v) is 5.24. The van der Waals surface area contributed by atoms with E-state index in [0.717, 1.165) is 22.5 Å². The van der Waals surface area contributed by atoms with E-state index in [-0.39, 0.29) is 23.7 Å². The summed E-state index contributed by atoms with van der Waals surface area (Å²) in [6.07, 6.45) is 0.980. The molecule has 1 saturated heterocycles. The van der Waals surface area contributed by atoms with Crippen molar-refractivity contribution in [2.75, 3.05) is 18.9 Å². The van der Waals surface area contributed by atoms with Gasteiger partial charge in [-0.05, 0) is 38.0 Å². The lowest BCUT2D eigenvalue weighted by molar-refractivity contribution is -0.146. The average Bonchev–Trinajstić information content (AvgIpc) is 2.92. The number of benzene rings is 1. The Hall–Kier alpha value is -1.67. The second-order valence-corrected chi connectivity index (χ2v) is 6.60. The number of carbonyl (C=O) groups is 1. The van der Waals surface area contributed by atoms with E-state index in [9.17, 15) is 17.6 Å². The van der Waals surface area contributed by atoms with E-state index in [1.807, 2.05) is 0 Å². The zero-order valence-corrected chi connectivity index (χ0v) is 12.4. The quantitative estimate of drug-likeness (QED) is 0.664. The SMILES string of the molecule is CCOC(=O)C1CCCN1S(=O)(=O)c1ccc(F)c(N)c1. The Morgan fingerprint density at radius 3 is 2.86 bits per heavy atom. The molecule has 0 bridgehead atoms. The van der Waals surface area contributed by atoms with Crippen LogP contribution >= 0.6 is 0 Å². The lowest BCUT2D eigenvalue weighted by atomic mass is 10.2. The maximum Gasteiger partial charge on any atom is 0.324 e. The van der Waals surface area contributed by atoms with Crippen LogP contribution in [-0.2, 0) is 19.6 Å². The Balaban J connectivity index is 2.33. The molecular formula is C13H17FN2O4S. The Morgan fingerprint density at radius 1 is 1.52 bits per heavy atom. The molecule has 1 aromatic carbocycles. The molecular weight excluding hydrogens is 299 g/mol. The molecule has 21 heavy (non-hydrogen) atoms. The Kier molecular flexibility index (Phi) is 4.48. The summed E-state index contributed by atoms with van der Waals surface area (Å²) in [6, 6.07) is 2.37. The molecule has 2 N–H and O–H groups in total. The minimum absolute atomic E-state index is 0.127. The topological polar surface area (TPSA) is 89.7 Å². The van der Waals surface area contributed by atoms with Crippen molar-refractivity contribution in [2.24, 2.45) is 0 Å². The molecule has 1 aliphatic heterocycles. The van der Waals surface area contributed by atoms with Crippen LogP contribution in [0.3, 0.4) is 0 Å². The van der Waals surface area contributed by atoms with E-state index in [1.54, 1.807) is 6.92 Å². The molecule has 0 spiro atoms. The van der Waals surface area contributed by atoms with Gasteiger partial charge in [0, 0.05) is 6.54 Å². The van der Waals surface area contributed by atoms with Gasteiger partial charge in [-0.25, -0.2) is 12.8 Å². The largest absolute Gasteiger partial charge is 0.465 e. The number of anilines is 1. The molecule has 0 radical (unpaired) electrons. The summed E-state index contributed by atoms with van der Waals surface area (Å²) in [4.78, 5) is 11.7. The van der Waals surface area contributed by atoms with E-state index < -0.39 is 27.9 Å². The number of hydrogen-bond donors (Lipinski definition) is 1. The van der Waals surface area contributed by atoms with Gasteiger partial charge in [-0.3, -0.25) is 4.79 Å². The number of hydrogen-bond acceptors (Lipinski definition) is 5. The summed E-state index contributed by atoms with van der Waals surface area (Å²) in [6.45, 7) is 2.07. The fourth-order valence-electron chi connectivity index (χ4n) is 2.32. The number of nitrogens with zero attached hydrogens (tertiary/aromatic N) is 1. The lowest BCUT2D eigenvalue weighted by Gasteiger charge is -2.22. The molecule has 2 rings (SSSR count). The molecule has 0 aliphatic carbocycles. The van der Waals surface area contributed by atoms with Crippen LogP contribution in [0.4, 0.5) is 10.1 Å². The number of esters is 1. The fourth-order valence-corrected chi connectivity index (χ4v) is 4.00. The zero-order valence-electron chi connectivity index (χ0n) is 11.6. The molecule has 1 aromatic rings. The minimum atomic E-state index is -3.90. The summed E-state index contributed by atoms with van der Waals surface area (Å²) in [5, 5.41) is 0. The normalized spacial score (nSPS) is 19.6. The van der Waals surface area contributed by atoms with Gasteiger partial charge in [0.1, 0.15) is 11.9 Å². The van der Waals surface area contributed by atoms with Gasteiger partial charge in [0.2, 0.25) is 10.0 Å². The first-order valence-corrected chi connectivity index (χ1v) is 8.05. The summed E-state index contributed by atoms with van der Waals surface area (Å²) < 4.78 is 44.3. The maximum atomic E-state index is 13.2.